The number of rotatable bonds is 16. The number of carboxylic acid groups (broad SMARTS) is 2. The van der Waals surface area contributed by atoms with E-state index in [1.165, 1.54) is 27.7 Å². The number of hydrogen-bond donors (Lipinski definition) is 4. The fraction of sp³-hybridized carbons (Fsp3) is 0.882. The van der Waals surface area contributed by atoms with Crippen LogP contribution in [0.1, 0.15) is 34.1 Å². The van der Waals surface area contributed by atoms with E-state index in [1.54, 1.807) is 0 Å². The summed E-state index contributed by atoms with van der Waals surface area (Å²) in [6.07, 6.45) is -0.329. The van der Waals surface area contributed by atoms with Crippen molar-refractivity contribution in [2.24, 2.45) is 34.1 Å². The van der Waals surface area contributed by atoms with Gasteiger partial charge in [0, 0.05) is 23.9 Å². The molecule has 0 aromatic rings. The first-order valence-electron chi connectivity index (χ1n) is 9.50. The van der Waals surface area contributed by atoms with Gasteiger partial charge in [0.15, 0.2) is 0 Å². The van der Waals surface area contributed by atoms with E-state index in [0.717, 1.165) is 0 Å². The van der Waals surface area contributed by atoms with Crippen LogP contribution in [0.25, 0.3) is 0 Å². The van der Waals surface area contributed by atoms with Crippen molar-refractivity contribution in [2.75, 3.05) is 37.8 Å². The van der Waals surface area contributed by atoms with Gasteiger partial charge < -0.3 is 21.7 Å². The van der Waals surface area contributed by atoms with Crippen LogP contribution < -0.4 is 11.5 Å². The molecule has 0 rings (SSSR count). The Morgan fingerprint density at radius 3 is 1.29 bits per heavy atom. The predicted octanol–water partition coefficient (Wildman–Crippen LogP) is -0.559. The first kappa shape index (κ1) is 29.7. The molecule has 0 unspecified atom stereocenters. The van der Waals surface area contributed by atoms with Gasteiger partial charge in [0.1, 0.15) is 0 Å². The normalized spacial score (nSPS) is 15.4. The fourth-order valence-corrected chi connectivity index (χ4v) is 5.10. The molecule has 0 aromatic carbocycles. The fourth-order valence-electron chi connectivity index (χ4n) is 2.72. The molecule has 0 aromatic heterocycles. The molecule has 6 N–H and O–H groups in total. The van der Waals surface area contributed by atoms with Crippen LogP contribution in [-0.4, -0.2) is 76.8 Å². The third-order valence-electron chi connectivity index (χ3n) is 4.96. The predicted molar refractivity (Wildman–Crippen MR) is 112 cm³/mol. The standard InChI is InChI=1S/C17H34N2O10S2/c1-16(2,12(8-18)14(20)21)10-28-30(24,25)6-5-7-31(26,27)29-11-17(3,4)13(9-19)15(22)23/h12-13H,5-11,18-19H2,1-4H3,(H,20,21)(H,22,23)/t12-,13-/m0/s1. The second-order valence-electron chi connectivity index (χ2n) is 8.63. The Morgan fingerprint density at radius 2 is 1.06 bits per heavy atom. The zero-order valence-electron chi connectivity index (χ0n) is 18.2. The smallest absolute Gasteiger partial charge is 0.308 e. The van der Waals surface area contributed by atoms with Crippen LogP contribution in [-0.2, 0) is 38.2 Å². The molecule has 0 bridgehead atoms. The van der Waals surface area contributed by atoms with Gasteiger partial charge in [-0.1, -0.05) is 27.7 Å². The maximum atomic E-state index is 12.0. The van der Waals surface area contributed by atoms with Gasteiger partial charge in [-0.25, -0.2) is 0 Å². The first-order valence-corrected chi connectivity index (χ1v) is 12.7. The number of aliphatic carboxylic acids is 2. The maximum absolute atomic E-state index is 12.0. The molecule has 0 aliphatic heterocycles. The second kappa shape index (κ2) is 11.5. The number of carbonyl (C=O) groups is 2. The van der Waals surface area contributed by atoms with E-state index in [1.807, 2.05) is 0 Å². The minimum absolute atomic E-state index is 0.204. The Kier molecular flexibility index (Phi) is 11.0. The van der Waals surface area contributed by atoms with Gasteiger partial charge in [-0.2, -0.15) is 16.8 Å². The molecule has 2 atom stereocenters. The highest BCUT2D eigenvalue weighted by atomic mass is 32.2. The van der Waals surface area contributed by atoms with E-state index in [0.29, 0.717) is 0 Å². The number of carboxylic acids is 2. The molecule has 0 heterocycles. The summed E-state index contributed by atoms with van der Waals surface area (Å²) < 4.78 is 57.9. The monoisotopic (exact) mass is 490 g/mol. The van der Waals surface area contributed by atoms with E-state index in [9.17, 15) is 26.4 Å². The SMILES string of the molecule is CC(C)(COS(=O)(=O)CCCS(=O)(=O)OCC(C)(C)[C@@H](CN)C(=O)O)[C@@H](CN)C(=O)O. The van der Waals surface area contributed by atoms with E-state index in [4.69, 9.17) is 30.0 Å². The molecule has 0 fully saturated rings. The summed E-state index contributed by atoms with van der Waals surface area (Å²) in [6.45, 7) is 4.72. The van der Waals surface area contributed by atoms with Crippen molar-refractivity contribution in [3.05, 3.63) is 0 Å². The van der Waals surface area contributed by atoms with Crippen LogP contribution in [0.2, 0.25) is 0 Å². The van der Waals surface area contributed by atoms with Crippen LogP contribution >= 0.6 is 0 Å². The van der Waals surface area contributed by atoms with E-state index in [2.05, 4.69) is 0 Å². The Bertz CT molecular complexity index is 754. The summed E-state index contributed by atoms with van der Waals surface area (Å²) in [4.78, 5) is 22.4. The Hall–Kier alpha value is -1.32. The molecule has 0 saturated heterocycles. The molecule has 0 amide bonds. The molecule has 0 aliphatic rings. The zero-order valence-corrected chi connectivity index (χ0v) is 19.9. The van der Waals surface area contributed by atoms with Crippen molar-refractivity contribution < 1.29 is 45.0 Å². The van der Waals surface area contributed by atoms with Crippen molar-refractivity contribution in [2.45, 2.75) is 34.1 Å². The second-order valence-corrected chi connectivity index (χ2v) is 12.2. The lowest BCUT2D eigenvalue weighted by Gasteiger charge is -2.30. The number of hydrogen-bond acceptors (Lipinski definition) is 10. The molecule has 14 heteroatoms. The van der Waals surface area contributed by atoms with Gasteiger partial charge in [0.05, 0.1) is 36.6 Å². The van der Waals surface area contributed by atoms with Gasteiger partial charge in [-0.15, -0.1) is 0 Å². The first-order chi connectivity index (χ1) is 13.9. The largest absolute Gasteiger partial charge is 0.481 e. The highest BCUT2D eigenvalue weighted by molar-refractivity contribution is 7.87. The molecular weight excluding hydrogens is 456 g/mol. The quantitative estimate of drug-likeness (QED) is 0.200. The van der Waals surface area contributed by atoms with Crippen molar-refractivity contribution in [1.29, 1.82) is 0 Å². The molecule has 0 saturated carbocycles. The van der Waals surface area contributed by atoms with Crippen LogP contribution in [0.3, 0.4) is 0 Å². The van der Waals surface area contributed by atoms with Gasteiger partial charge in [0.2, 0.25) is 0 Å². The van der Waals surface area contributed by atoms with E-state index >= 15 is 0 Å². The Labute approximate surface area is 183 Å². The lowest BCUT2D eigenvalue weighted by atomic mass is 9.79. The average molecular weight is 491 g/mol. The average Bonchev–Trinajstić information content (AvgIpc) is 2.58. The lowest BCUT2D eigenvalue weighted by molar-refractivity contribution is -0.147. The Balaban J connectivity index is 4.77. The summed E-state index contributed by atoms with van der Waals surface area (Å²) in [7, 11) is -8.25. The lowest BCUT2D eigenvalue weighted by Crippen LogP contribution is -2.40. The van der Waals surface area contributed by atoms with Crippen LogP contribution in [0, 0.1) is 22.7 Å². The van der Waals surface area contributed by atoms with Crippen molar-refractivity contribution in [3.63, 3.8) is 0 Å². The molecule has 0 spiro atoms. The van der Waals surface area contributed by atoms with Gasteiger partial charge in [-0.05, 0) is 6.42 Å². The zero-order chi connectivity index (χ0) is 24.7. The third-order valence-corrected chi connectivity index (χ3v) is 7.50. The third kappa shape index (κ3) is 10.2. The van der Waals surface area contributed by atoms with Crippen molar-refractivity contribution >= 4 is 32.2 Å². The van der Waals surface area contributed by atoms with Crippen LogP contribution in [0.4, 0.5) is 0 Å². The Morgan fingerprint density at radius 1 is 0.774 bits per heavy atom. The topological polar surface area (TPSA) is 213 Å². The molecule has 31 heavy (non-hydrogen) atoms. The van der Waals surface area contributed by atoms with E-state index < -0.39 is 79.6 Å². The van der Waals surface area contributed by atoms with Crippen molar-refractivity contribution in [1.82, 2.24) is 0 Å². The molecule has 184 valence electrons. The maximum Gasteiger partial charge on any atom is 0.308 e. The minimum atomic E-state index is -4.12. The highest BCUT2D eigenvalue weighted by Crippen LogP contribution is 2.28. The van der Waals surface area contributed by atoms with Gasteiger partial charge in [-0.3, -0.25) is 18.0 Å². The van der Waals surface area contributed by atoms with Gasteiger partial charge in [0.25, 0.3) is 20.2 Å². The van der Waals surface area contributed by atoms with Gasteiger partial charge >= 0.3 is 11.9 Å². The summed E-state index contributed by atoms with van der Waals surface area (Å²) in [5.41, 5.74) is 8.71. The molecule has 0 aliphatic carbocycles. The van der Waals surface area contributed by atoms with Crippen LogP contribution in [0.15, 0.2) is 0 Å². The van der Waals surface area contributed by atoms with Crippen LogP contribution in [0.5, 0.6) is 0 Å². The highest BCUT2D eigenvalue weighted by Gasteiger charge is 2.37. The minimum Gasteiger partial charge on any atom is -0.481 e. The molecule has 0 radical (unpaired) electrons. The summed E-state index contributed by atoms with van der Waals surface area (Å²) in [5.74, 6) is -5.67. The summed E-state index contributed by atoms with van der Waals surface area (Å²) in [5, 5.41) is 18.3. The van der Waals surface area contributed by atoms with E-state index in [-0.39, 0.29) is 19.5 Å². The summed E-state index contributed by atoms with van der Waals surface area (Å²) >= 11 is 0. The number of nitrogens with two attached hydrogens (primary N) is 2. The molecular formula is C17H34N2O10S2. The molecule has 12 nitrogen and oxygen atoms in total. The summed E-state index contributed by atoms with van der Waals surface area (Å²) in [6, 6.07) is 0. The van der Waals surface area contributed by atoms with Crippen molar-refractivity contribution in [3.8, 4) is 0 Å².